The van der Waals surface area contributed by atoms with Gasteiger partial charge < -0.3 is 14.7 Å². The molecule has 0 bridgehead atoms. The number of aromatic nitrogens is 2. The molecule has 0 radical (unpaired) electrons. The topological polar surface area (TPSA) is 53.8 Å². The number of hydrogen-bond donors (Lipinski definition) is 1. The highest BCUT2D eigenvalue weighted by molar-refractivity contribution is 6.40. The van der Waals surface area contributed by atoms with E-state index in [0.717, 1.165) is 24.3 Å². The second-order valence-electron chi connectivity index (χ2n) is 8.28. The van der Waals surface area contributed by atoms with E-state index in [0.29, 0.717) is 39.8 Å². The van der Waals surface area contributed by atoms with Gasteiger partial charge in [-0.1, -0.05) is 59.1 Å². The smallest absolute Gasteiger partial charge is 0.240 e. The minimum atomic E-state index is -0.00422. The second kappa shape index (κ2) is 10.1. The lowest BCUT2D eigenvalue weighted by Gasteiger charge is -2.36. The quantitative estimate of drug-likeness (QED) is 0.473. The minimum Gasteiger partial charge on any atom is -0.477 e. The molecule has 0 saturated carbocycles. The van der Waals surface area contributed by atoms with E-state index in [1.165, 1.54) is 11.1 Å². The Labute approximate surface area is 209 Å². The molecule has 0 saturated heterocycles. The van der Waals surface area contributed by atoms with Crippen LogP contribution in [-0.2, 0) is 19.5 Å². The summed E-state index contributed by atoms with van der Waals surface area (Å²) < 4.78 is 7.67. The van der Waals surface area contributed by atoms with E-state index in [9.17, 15) is 5.11 Å². The Bertz CT molecular complexity index is 1130. The van der Waals surface area contributed by atoms with Crippen LogP contribution in [0.3, 0.4) is 0 Å². The van der Waals surface area contributed by atoms with Crippen molar-refractivity contribution in [3.63, 3.8) is 0 Å². The van der Waals surface area contributed by atoms with Gasteiger partial charge in [0.25, 0.3) is 0 Å². The van der Waals surface area contributed by atoms with Crippen molar-refractivity contribution in [3.8, 4) is 11.6 Å². The summed E-state index contributed by atoms with van der Waals surface area (Å²) in [5.41, 5.74) is 3.99. The fourth-order valence-corrected chi connectivity index (χ4v) is 5.35. The number of hydrogen-bond acceptors (Lipinski definition) is 5. The summed E-state index contributed by atoms with van der Waals surface area (Å²) in [5, 5.41) is 16.1. The van der Waals surface area contributed by atoms with E-state index in [4.69, 9.17) is 44.6 Å². The number of benzene rings is 2. The van der Waals surface area contributed by atoms with Gasteiger partial charge >= 0.3 is 0 Å². The van der Waals surface area contributed by atoms with Crippen molar-refractivity contribution in [2.24, 2.45) is 0 Å². The molecular formula is C24H27Cl3N4O2. The van der Waals surface area contributed by atoms with Gasteiger partial charge in [-0.2, -0.15) is 0 Å². The zero-order valence-corrected chi connectivity index (χ0v) is 21.1. The lowest BCUT2D eigenvalue weighted by molar-refractivity contribution is 0.0987. The van der Waals surface area contributed by atoms with Crippen molar-refractivity contribution in [1.82, 2.24) is 14.7 Å². The Kier molecular flexibility index (Phi) is 7.41. The molecule has 0 aliphatic carbocycles. The van der Waals surface area contributed by atoms with E-state index in [1.807, 2.05) is 32.0 Å². The SMILES string of the molecule is CCOc1nn(-c2c(Cl)cc(Cl)cc2Cl)c(N(C)C)c1CN1Cc2ccccc2CC1CO. The van der Waals surface area contributed by atoms with Crippen molar-refractivity contribution in [1.29, 1.82) is 0 Å². The van der Waals surface area contributed by atoms with Gasteiger partial charge in [0.15, 0.2) is 0 Å². The number of fused-ring (bicyclic) bond motifs is 1. The van der Waals surface area contributed by atoms with Crippen molar-refractivity contribution in [2.75, 3.05) is 32.2 Å². The number of anilines is 1. The molecule has 33 heavy (non-hydrogen) atoms. The Hall–Kier alpha value is -1.96. The lowest BCUT2D eigenvalue weighted by Crippen LogP contribution is -2.42. The van der Waals surface area contributed by atoms with E-state index in [2.05, 4.69) is 23.1 Å². The number of ether oxygens (including phenoxy) is 1. The van der Waals surface area contributed by atoms with Gasteiger partial charge in [0, 0.05) is 38.2 Å². The molecule has 1 unspecified atom stereocenters. The molecule has 2 aromatic carbocycles. The highest BCUT2D eigenvalue weighted by atomic mass is 35.5. The molecule has 0 spiro atoms. The highest BCUT2D eigenvalue weighted by Gasteiger charge is 2.31. The lowest BCUT2D eigenvalue weighted by atomic mass is 9.94. The molecule has 0 amide bonds. The van der Waals surface area contributed by atoms with Gasteiger partial charge in [-0.3, -0.25) is 4.90 Å². The maximum absolute atomic E-state index is 10.1. The molecule has 4 rings (SSSR count). The monoisotopic (exact) mass is 508 g/mol. The molecule has 0 fully saturated rings. The van der Waals surface area contributed by atoms with Gasteiger partial charge in [-0.05, 0) is 36.6 Å². The van der Waals surface area contributed by atoms with Gasteiger partial charge in [-0.15, -0.1) is 5.10 Å². The third-order valence-electron chi connectivity index (χ3n) is 5.85. The van der Waals surface area contributed by atoms with Crippen molar-refractivity contribution in [2.45, 2.75) is 32.5 Å². The zero-order chi connectivity index (χ0) is 23.7. The summed E-state index contributed by atoms with van der Waals surface area (Å²) in [6, 6.07) is 11.7. The number of halogens is 3. The van der Waals surface area contributed by atoms with Crippen LogP contribution in [0.1, 0.15) is 23.6 Å². The molecule has 1 N–H and O–H groups in total. The number of nitrogens with zero attached hydrogens (tertiary/aromatic N) is 4. The van der Waals surface area contributed by atoms with Crippen LogP contribution in [0.25, 0.3) is 5.69 Å². The van der Waals surface area contributed by atoms with Crippen molar-refractivity contribution < 1.29 is 9.84 Å². The molecule has 1 atom stereocenters. The van der Waals surface area contributed by atoms with Gasteiger partial charge in [0.05, 0.1) is 28.8 Å². The summed E-state index contributed by atoms with van der Waals surface area (Å²) in [4.78, 5) is 4.24. The first-order valence-electron chi connectivity index (χ1n) is 10.8. The second-order valence-corrected chi connectivity index (χ2v) is 9.53. The molecular weight excluding hydrogens is 483 g/mol. The Morgan fingerprint density at radius 1 is 1.12 bits per heavy atom. The van der Waals surface area contributed by atoms with E-state index in [1.54, 1.807) is 16.8 Å². The number of rotatable bonds is 7. The average Bonchev–Trinajstić information content (AvgIpc) is 3.10. The Morgan fingerprint density at radius 2 is 1.79 bits per heavy atom. The fourth-order valence-electron chi connectivity index (χ4n) is 4.38. The van der Waals surface area contributed by atoms with Crippen molar-refractivity contribution >= 4 is 40.6 Å². The Balaban J connectivity index is 1.81. The fraction of sp³-hybridized carbons (Fsp3) is 0.375. The average molecular weight is 510 g/mol. The van der Waals surface area contributed by atoms with E-state index >= 15 is 0 Å². The summed E-state index contributed by atoms with van der Waals surface area (Å²) in [7, 11) is 3.89. The predicted octanol–water partition coefficient (Wildman–Crippen LogP) is 5.22. The van der Waals surface area contributed by atoms with Gasteiger partial charge in [0.1, 0.15) is 11.5 Å². The third-order valence-corrected chi connectivity index (χ3v) is 6.65. The largest absolute Gasteiger partial charge is 0.477 e. The van der Waals surface area contributed by atoms with Crippen LogP contribution in [-0.4, -0.2) is 53.1 Å². The molecule has 176 valence electrons. The Morgan fingerprint density at radius 3 is 2.39 bits per heavy atom. The molecule has 6 nitrogen and oxygen atoms in total. The third kappa shape index (κ3) is 4.81. The molecule has 3 aromatic rings. The summed E-state index contributed by atoms with van der Waals surface area (Å²) in [5.74, 6) is 1.32. The number of aliphatic hydroxyl groups excluding tert-OH is 1. The van der Waals surface area contributed by atoms with Crippen LogP contribution >= 0.6 is 34.8 Å². The van der Waals surface area contributed by atoms with Crippen LogP contribution in [0, 0.1) is 0 Å². The molecule has 9 heteroatoms. The predicted molar refractivity (Wildman–Crippen MR) is 134 cm³/mol. The minimum absolute atomic E-state index is 0.00422. The molecule has 1 aliphatic heterocycles. The molecule has 2 heterocycles. The van der Waals surface area contributed by atoms with Gasteiger partial charge in [0.2, 0.25) is 5.88 Å². The zero-order valence-electron chi connectivity index (χ0n) is 18.9. The van der Waals surface area contributed by atoms with E-state index < -0.39 is 0 Å². The van der Waals surface area contributed by atoms with Crippen LogP contribution < -0.4 is 9.64 Å². The summed E-state index contributed by atoms with van der Waals surface area (Å²) in [6.07, 6.45) is 0.789. The highest BCUT2D eigenvalue weighted by Crippen LogP contribution is 2.39. The first kappa shape index (κ1) is 24.2. The van der Waals surface area contributed by atoms with Gasteiger partial charge in [-0.25, -0.2) is 4.68 Å². The summed E-state index contributed by atoms with van der Waals surface area (Å²) in [6.45, 7) is 3.73. The van der Waals surface area contributed by atoms with Crippen LogP contribution in [0.4, 0.5) is 5.82 Å². The standard InChI is InChI=1S/C24H27Cl3N4O2/c1-4-33-23-19(13-30-12-16-8-6-5-7-15(16)9-18(30)14-32)24(29(2)3)31(28-23)22-20(26)10-17(25)11-21(22)27/h5-8,10-11,18,32H,4,9,12-14H2,1-3H3. The van der Waals surface area contributed by atoms with E-state index in [-0.39, 0.29) is 12.6 Å². The van der Waals surface area contributed by atoms with Crippen LogP contribution in [0.15, 0.2) is 36.4 Å². The normalized spacial score (nSPS) is 16.0. The van der Waals surface area contributed by atoms with Crippen LogP contribution in [0.5, 0.6) is 5.88 Å². The molecule has 1 aromatic heterocycles. The van der Waals surface area contributed by atoms with Crippen LogP contribution in [0.2, 0.25) is 15.1 Å². The number of aliphatic hydroxyl groups is 1. The maximum atomic E-state index is 10.1. The first-order valence-corrected chi connectivity index (χ1v) is 12.0. The van der Waals surface area contributed by atoms with Crippen molar-refractivity contribution in [3.05, 3.63) is 68.2 Å². The summed E-state index contributed by atoms with van der Waals surface area (Å²) >= 11 is 19.2. The molecule has 1 aliphatic rings. The first-order chi connectivity index (χ1) is 15.8. The maximum Gasteiger partial charge on any atom is 0.240 e.